The van der Waals surface area contributed by atoms with Crippen molar-refractivity contribution in [2.75, 3.05) is 38.7 Å². The fourth-order valence-electron chi connectivity index (χ4n) is 3.18. The molecule has 2 heterocycles. The lowest BCUT2D eigenvalue weighted by atomic mass is 9.92. The van der Waals surface area contributed by atoms with Crippen LogP contribution in [0.4, 0.5) is 5.69 Å². The van der Waals surface area contributed by atoms with Gasteiger partial charge in [-0.25, -0.2) is 9.97 Å². The number of hydrogen-bond acceptors (Lipinski definition) is 6. The number of nitrogens with one attached hydrogen (secondary N) is 1. The van der Waals surface area contributed by atoms with E-state index in [4.69, 9.17) is 4.74 Å². The van der Waals surface area contributed by atoms with Gasteiger partial charge in [0.2, 0.25) is 5.82 Å². The molecule has 2 aromatic rings. The largest absolute Gasteiger partial charge is 0.393 e. The summed E-state index contributed by atoms with van der Waals surface area (Å²) in [6, 6.07) is 8.09. The lowest BCUT2D eigenvalue weighted by Crippen LogP contribution is -2.57. The Morgan fingerprint density at radius 2 is 2.15 bits per heavy atom. The molecule has 138 valence electrons. The van der Waals surface area contributed by atoms with Gasteiger partial charge in [-0.15, -0.1) is 0 Å². The molecule has 0 unspecified atom stereocenters. The van der Waals surface area contributed by atoms with E-state index in [0.29, 0.717) is 26.1 Å². The Kier molecular flexibility index (Phi) is 5.49. The fraction of sp³-hybridized carbons (Fsp3) is 0.421. The molecule has 7 nitrogen and oxygen atoms in total. The molecule has 0 aliphatic carbocycles. The third-order valence-corrected chi connectivity index (χ3v) is 4.56. The summed E-state index contributed by atoms with van der Waals surface area (Å²) in [4.78, 5) is 22.7. The maximum absolute atomic E-state index is 12.8. The number of aromatic nitrogens is 2. The highest BCUT2D eigenvalue weighted by atomic mass is 16.5. The summed E-state index contributed by atoms with van der Waals surface area (Å²) in [5.41, 5.74) is 2.15. The van der Waals surface area contributed by atoms with Crippen molar-refractivity contribution < 1.29 is 14.6 Å². The Morgan fingerprint density at radius 3 is 2.81 bits per heavy atom. The number of morpholine rings is 1. The molecule has 2 N–H and O–H groups in total. The van der Waals surface area contributed by atoms with Gasteiger partial charge in [-0.3, -0.25) is 4.79 Å². The van der Waals surface area contributed by atoms with Gasteiger partial charge in [-0.1, -0.05) is 29.8 Å². The summed E-state index contributed by atoms with van der Waals surface area (Å²) in [5, 5.41) is 12.9. The summed E-state index contributed by atoms with van der Waals surface area (Å²) < 4.78 is 5.92. The maximum atomic E-state index is 12.8. The van der Waals surface area contributed by atoms with E-state index < -0.39 is 5.60 Å². The molecular formula is C19H24N4O3. The quantitative estimate of drug-likeness (QED) is 0.839. The Balaban J connectivity index is 1.76. The van der Waals surface area contributed by atoms with Gasteiger partial charge in [-0.2, -0.15) is 0 Å². The smallest absolute Gasteiger partial charge is 0.291 e. The van der Waals surface area contributed by atoms with E-state index in [-0.39, 0.29) is 18.3 Å². The van der Waals surface area contributed by atoms with E-state index in [1.54, 1.807) is 24.3 Å². The number of benzene rings is 1. The second-order valence-electron chi connectivity index (χ2n) is 6.63. The van der Waals surface area contributed by atoms with E-state index in [1.165, 1.54) is 0 Å². The van der Waals surface area contributed by atoms with Gasteiger partial charge in [0.05, 0.1) is 37.8 Å². The van der Waals surface area contributed by atoms with Gasteiger partial charge < -0.3 is 20.1 Å². The Morgan fingerprint density at radius 1 is 1.38 bits per heavy atom. The second-order valence-corrected chi connectivity index (χ2v) is 6.63. The van der Waals surface area contributed by atoms with Gasteiger partial charge in [0, 0.05) is 20.0 Å². The van der Waals surface area contributed by atoms with E-state index >= 15 is 0 Å². The van der Waals surface area contributed by atoms with Crippen molar-refractivity contribution in [1.82, 2.24) is 14.9 Å². The molecule has 0 bridgehead atoms. The summed E-state index contributed by atoms with van der Waals surface area (Å²) >= 11 is 0. The number of ether oxygens (including phenoxy) is 1. The van der Waals surface area contributed by atoms with Crippen LogP contribution in [-0.2, 0) is 11.2 Å². The van der Waals surface area contributed by atoms with Crippen LogP contribution in [0.5, 0.6) is 0 Å². The first-order valence-corrected chi connectivity index (χ1v) is 8.65. The number of rotatable bonds is 5. The van der Waals surface area contributed by atoms with Crippen molar-refractivity contribution >= 4 is 11.6 Å². The van der Waals surface area contributed by atoms with Crippen LogP contribution in [0, 0.1) is 6.92 Å². The molecule has 1 aliphatic heterocycles. The molecule has 1 fully saturated rings. The zero-order valence-electron chi connectivity index (χ0n) is 15.1. The molecule has 1 aromatic heterocycles. The predicted octanol–water partition coefficient (Wildman–Crippen LogP) is 1.27. The first-order chi connectivity index (χ1) is 12.5. The van der Waals surface area contributed by atoms with Crippen LogP contribution in [0.15, 0.2) is 36.7 Å². The van der Waals surface area contributed by atoms with Crippen LogP contribution in [0.1, 0.15) is 21.7 Å². The van der Waals surface area contributed by atoms with Crippen LogP contribution in [-0.4, -0.2) is 64.8 Å². The molecule has 0 radical (unpaired) electrons. The summed E-state index contributed by atoms with van der Waals surface area (Å²) in [6.07, 6.45) is 3.69. The number of nitrogens with zero attached hydrogens (tertiary/aromatic N) is 3. The lowest BCUT2D eigenvalue weighted by Gasteiger charge is -2.41. The SMILES string of the molecule is CNc1cnc(C(=O)N2CCO[C@](CO)(Cc3cccc(C)c3)C2)nc1. The molecular weight excluding hydrogens is 332 g/mol. The number of carbonyl (C=O) groups excluding carboxylic acids is 1. The van der Waals surface area contributed by atoms with E-state index in [0.717, 1.165) is 16.8 Å². The second kappa shape index (κ2) is 7.80. The molecule has 3 rings (SSSR count). The number of carbonyl (C=O) groups is 1. The van der Waals surface area contributed by atoms with E-state index in [2.05, 4.69) is 21.4 Å². The number of anilines is 1. The third-order valence-electron chi connectivity index (χ3n) is 4.56. The molecule has 26 heavy (non-hydrogen) atoms. The minimum atomic E-state index is -0.813. The summed E-state index contributed by atoms with van der Waals surface area (Å²) in [7, 11) is 1.77. The Hall–Kier alpha value is -2.51. The Bertz CT molecular complexity index is 766. The molecule has 1 saturated heterocycles. The standard InChI is InChI=1S/C19H24N4O3/c1-14-4-3-5-15(8-14)9-19(13-24)12-23(6-7-26-19)18(25)17-21-10-16(20-2)11-22-17/h3-5,8,10-11,20,24H,6-7,9,12-13H2,1-2H3/t19-/m1/s1. The maximum Gasteiger partial charge on any atom is 0.291 e. The van der Waals surface area contributed by atoms with Crippen LogP contribution in [0.3, 0.4) is 0 Å². The van der Waals surface area contributed by atoms with Crippen molar-refractivity contribution in [3.05, 3.63) is 53.6 Å². The average molecular weight is 356 g/mol. The summed E-state index contributed by atoms with van der Waals surface area (Å²) in [5.74, 6) is -0.105. The zero-order valence-corrected chi connectivity index (χ0v) is 15.1. The van der Waals surface area contributed by atoms with Gasteiger partial charge in [-0.05, 0) is 12.5 Å². The molecule has 0 saturated carbocycles. The first-order valence-electron chi connectivity index (χ1n) is 8.65. The lowest BCUT2D eigenvalue weighted by molar-refractivity contribution is -0.123. The zero-order chi connectivity index (χ0) is 18.6. The average Bonchev–Trinajstić information content (AvgIpc) is 2.67. The van der Waals surface area contributed by atoms with E-state index in [1.807, 2.05) is 25.1 Å². The van der Waals surface area contributed by atoms with Crippen molar-refractivity contribution in [2.24, 2.45) is 0 Å². The van der Waals surface area contributed by atoms with E-state index in [9.17, 15) is 9.90 Å². The number of amides is 1. The minimum Gasteiger partial charge on any atom is -0.393 e. The van der Waals surface area contributed by atoms with Crippen molar-refractivity contribution in [3.63, 3.8) is 0 Å². The van der Waals surface area contributed by atoms with Gasteiger partial charge in [0.1, 0.15) is 5.60 Å². The Labute approximate surface area is 153 Å². The minimum absolute atomic E-state index is 0.147. The third kappa shape index (κ3) is 4.00. The predicted molar refractivity (Wildman–Crippen MR) is 98.1 cm³/mol. The normalized spacial score (nSPS) is 20.0. The molecule has 7 heteroatoms. The fourth-order valence-corrected chi connectivity index (χ4v) is 3.18. The van der Waals surface area contributed by atoms with Crippen molar-refractivity contribution in [1.29, 1.82) is 0 Å². The molecule has 0 spiro atoms. The van der Waals surface area contributed by atoms with Crippen LogP contribution < -0.4 is 5.32 Å². The molecule has 1 aliphatic rings. The monoisotopic (exact) mass is 356 g/mol. The highest BCUT2D eigenvalue weighted by molar-refractivity contribution is 5.90. The van der Waals surface area contributed by atoms with Crippen LogP contribution >= 0.6 is 0 Å². The van der Waals surface area contributed by atoms with Gasteiger partial charge >= 0.3 is 0 Å². The first kappa shape index (κ1) is 18.3. The van der Waals surface area contributed by atoms with Crippen LogP contribution in [0.25, 0.3) is 0 Å². The molecule has 1 amide bonds. The topological polar surface area (TPSA) is 87.6 Å². The number of aliphatic hydroxyl groups is 1. The number of hydrogen-bond donors (Lipinski definition) is 2. The molecule has 1 atom stereocenters. The number of aliphatic hydroxyl groups excluding tert-OH is 1. The van der Waals surface area contributed by atoms with Gasteiger partial charge in [0.15, 0.2) is 0 Å². The van der Waals surface area contributed by atoms with Crippen molar-refractivity contribution in [3.8, 4) is 0 Å². The molecule has 1 aromatic carbocycles. The van der Waals surface area contributed by atoms with Gasteiger partial charge in [0.25, 0.3) is 5.91 Å². The highest BCUT2D eigenvalue weighted by Gasteiger charge is 2.39. The highest BCUT2D eigenvalue weighted by Crippen LogP contribution is 2.24. The number of aryl methyl sites for hydroxylation is 1. The summed E-state index contributed by atoms with van der Waals surface area (Å²) in [6.45, 7) is 2.98. The van der Waals surface area contributed by atoms with Crippen molar-refractivity contribution in [2.45, 2.75) is 18.9 Å². The van der Waals surface area contributed by atoms with Crippen LogP contribution in [0.2, 0.25) is 0 Å².